The Morgan fingerprint density at radius 3 is 0.941 bits per heavy atom. The zero-order valence-corrected chi connectivity index (χ0v) is 18.5. The summed E-state index contributed by atoms with van der Waals surface area (Å²) < 4.78 is 0. The first-order valence-corrected chi connectivity index (χ1v) is 11.9. The van der Waals surface area contributed by atoms with E-state index in [9.17, 15) is 0 Å². The van der Waals surface area contributed by atoms with Crippen LogP contribution in [-0.2, 0) is 0 Å². The largest absolute Gasteiger partial charge is 0.0616 e. The summed E-state index contributed by atoms with van der Waals surface area (Å²) in [7, 11) is 0. The van der Waals surface area contributed by atoms with Crippen molar-refractivity contribution in [3.63, 3.8) is 0 Å². The molecule has 0 aromatic heterocycles. The molecule has 2 aliphatic carbocycles. The van der Waals surface area contributed by atoms with Crippen molar-refractivity contribution in [2.75, 3.05) is 0 Å². The summed E-state index contributed by atoms with van der Waals surface area (Å²) in [5.41, 5.74) is 13.4. The van der Waals surface area contributed by atoms with Crippen LogP contribution in [0.1, 0.15) is 22.3 Å². The fraction of sp³-hybridized carbons (Fsp3) is 0. The zero-order valence-electron chi connectivity index (χ0n) is 18.5. The van der Waals surface area contributed by atoms with E-state index >= 15 is 0 Å². The molecule has 0 saturated carbocycles. The van der Waals surface area contributed by atoms with Crippen LogP contribution in [0.15, 0.2) is 121 Å². The van der Waals surface area contributed by atoms with Crippen molar-refractivity contribution < 1.29 is 0 Å². The van der Waals surface area contributed by atoms with Crippen LogP contribution < -0.4 is 0 Å². The Morgan fingerprint density at radius 1 is 0.235 bits per heavy atom. The van der Waals surface area contributed by atoms with Gasteiger partial charge in [-0.3, -0.25) is 0 Å². The molecule has 0 radical (unpaired) electrons. The molecule has 6 aromatic rings. The Hall–Kier alpha value is -4.42. The SMILES string of the molecule is c1ccc2c(c1)C(=C1c3cc4ccccc4cc3-c3cc4ccccc4cc31)c1ccccc1-2. The summed E-state index contributed by atoms with van der Waals surface area (Å²) in [6.07, 6.45) is 0. The van der Waals surface area contributed by atoms with Crippen molar-refractivity contribution in [1.29, 1.82) is 0 Å². The normalized spacial score (nSPS) is 13.2. The Balaban J connectivity index is 1.59. The molecule has 34 heavy (non-hydrogen) atoms. The van der Waals surface area contributed by atoms with Gasteiger partial charge in [0.1, 0.15) is 0 Å². The van der Waals surface area contributed by atoms with Gasteiger partial charge in [-0.2, -0.15) is 0 Å². The van der Waals surface area contributed by atoms with E-state index in [0.29, 0.717) is 0 Å². The Bertz CT molecular complexity index is 1710. The van der Waals surface area contributed by atoms with Gasteiger partial charge in [0, 0.05) is 0 Å². The molecule has 0 atom stereocenters. The average Bonchev–Trinajstić information content (AvgIpc) is 3.37. The second-order valence-electron chi connectivity index (χ2n) is 9.33. The molecule has 0 fully saturated rings. The fourth-order valence-corrected chi connectivity index (χ4v) is 6.04. The van der Waals surface area contributed by atoms with Gasteiger partial charge in [-0.1, -0.05) is 97.1 Å². The van der Waals surface area contributed by atoms with Crippen LogP contribution in [0.3, 0.4) is 0 Å². The fourth-order valence-electron chi connectivity index (χ4n) is 6.04. The van der Waals surface area contributed by atoms with Crippen molar-refractivity contribution in [3.8, 4) is 22.3 Å². The monoisotopic (exact) mass is 428 g/mol. The molecule has 0 aliphatic heterocycles. The summed E-state index contributed by atoms with van der Waals surface area (Å²) in [6, 6.07) is 44.8. The summed E-state index contributed by atoms with van der Waals surface area (Å²) in [6.45, 7) is 0. The Kier molecular flexibility index (Phi) is 3.48. The number of fused-ring (bicyclic) bond motifs is 8. The van der Waals surface area contributed by atoms with E-state index in [1.165, 1.54) is 77.2 Å². The second kappa shape index (κ2) is 6.56. The molecule has 0 heteroatoms. The molecule has 6 aromatic carbocycles. The molecule has 156 valence electrons. The Labute approximate surface area is 198 Å². The first-order valence-electron chi connectivity index (χ1n) is 11.9. The third kappa shape index (κ3) is 2.32. The van der Waals surface area contributed by atoms with Gasteiger partial charge >= 0.3 is 0 Å². The van der Waals surface area contributed by atoms with E-state index in [1.54, 1.807) is 0 Å². The third-order valence-corrected chi connectivity index (χ3v) is 7.53. The van der Waals surface area contributed by atoms with E-state index in [0.717, 1.165) is 0 Å². The van der Waals surface area contributed by atoms with Crippen LogP contribution in [0.4, 0.5) is 0 Å². The van der Waals surface area contributed by atoms with Gasteiger partial charge in [-0.25, -0.2) is 0 Å². The molecule has 0 nitrogen and oxygen atoms in total. The predicted octanol–water partition coefficient (Wildman–Crippen LogP) is 8.96. The van der Waals surface area contributed by atoms with E-state index in [1.807, 2.05) is 0 Å². The van der Waals surface area contributed by atoms with Crippen LogP contribution >= 0.6 is 0 Å². The van der Waals surface area contributed by atoms with Crippen molar-refractivity contribution in [2.24, 2.45) is 0 Å². The van der Waals surface area contributed by atoms with Crippen LogP contribution in [0, 0.1) is 0 Å². The molecule has 0 bridgehead atoms. The average molecular weight is 429 g/mol. The predicted molar refractivity (Wildman–Crippen MR) is 144 cm³/mol. The maximum atomic E-state index is 2.40. The number of benzene rings is 6. The lowest BCUT2D eigenvalue weighted by Gasteiger charge is -2.12. The maximum absolute atomic E-state index is 2.40. The molecule has 2 aliphatic rings. The first kappa shape index (κ1) is 18.1. The molecule has 0 spiro atoms. The molecule has 0 unspecified atom stereocenters. The lowest BCUT2D eigenvalue weighted by molar-refractivity contribution is 1.64. The van der Waals surface area contributed by atoms with E-state index in [4.69, 9.17) is 0 Å². The lowest BCUT2D eigenvalue weighted by atomic mass is 9.90. The van der Waals surface area contributed by atoms with Crippen molar-refractivity contribution in [3.05, 3.63) is 144 Å². The van der Waals surface area contributed by atoms with Crippen LogP contribution in [0.25, 0.3) is 54.9 Å². The van der Waals surface area contributed by atoms with Crippen molar-refractivity contribution >= 4 is 32.7 Å². The van der Waals surface area contributed by atoms with Gasteiger partial charge in [0.2, 0.25) is 0 Å². The maximum Gasteiger partial charge on any atom is -0.00134 e. The highest BCUT2D eigenvalue weighted by Gasteiger charge is 2.32. The minimum absolute atomic E-state index is 1.29. The summed E-state index contributed by atoms with van der Waals surface area (Å²) >= 11 is 0. The van der Waals surface area contributed by atoms with Crippen LogP contribution in [-0.4, -0.2) is 0 Å². The molecule has 0 saturated heterocycles. The van der Waals surface area contributed by atoms with E-state index < -0.39 is 0 Å². The lowest BCUT2D eigenvalue weighted by Crippen LogP contribution is -1.91. The zero-order chi connectivity index (χ0) is 22.2. The molecule has 0 amide bonds. The molecule has 0 N–H and O–H groups in total. The number of hydrogen-bond acceptors (Lipinski definition) is 0. The first-order chi connectivity index (χ1) is 16.9. The van der Waals surface area contributed by atoms with E-state index in [-0.39, 0.29) is 0 Å². The number of rotatable bonds is 0. The minimum atomic E-state index is 1.29. The highest BCUT2D eigenvalue weighted by molar-refractivity contribution is 6.21. The molecule has 0 heterocycles. The van der Waals surface area contributed by atoms with Crippen molar-refractivity contribution in [2.45, 2.75) is 0 Å². The summed E-state index contributed by atoms with van der Waals surface area (Å²) in [5, 5.41) is 5.16. The van der Waals surface area contributed by atoms with Crippen LogP contribution in [0.2, 0.25) is 0 Å². The van der Waals surface area contributed by atoms with Gasteiger partial charge in [-0.15, -0.1) is 0 Å². The molecule has 8 rings (SSSR count). The minimum Gasteiger partial charge on any atom is -0.0616 e. The molecular weight excluding hydrogens is 408 g/mol. The highest BCUT2D eigenvalue weighted by Crippen LogP contribution is 2.55. The smallest absolute Gasteiger partial charge is 0.00134 e. The topological polar surface area (TPSA) is 0 Å². The quantitative estimate of drug-likeness (QED) is 0.226. The van der Waals surface area contributed by atoms with Crippen LogP contribution in [0.5, 0.6) is 0 Å². The molecular formula is C34H20. The highest BCUT2D eigenvalue weighted by atomic mass is 14.3. The second-order valence-corrected chi connectivity index (χ2v) is 9.33. The van der Waals surface area contributed by atoms with Gasteiger partial charge in [0.15, 0.2) is 0 Å². The van der Waals surface area contributed by atoms with Crippen molar-refractivity contribution in [1.82, 2.24) is 0 Å². The van der Waals surface area contributed by atoms with Gasteiger partial charge < -0.3 is 0 Å². The Morgan fingerprint density at radius 2 is 0.529 bits per heavy atom. The van der Waals surface area contributed by atoms with E-state index in [2.05, 4.69) is 121 Å². The standard InChI is InChI=1S/C34H20/c1-3-11-23-19-31-29(17-21(23)9-1)30-18-22-10-2-4-12-24(22)20-32(30)34(31)33-27-15-7-5-13-25(27)26-14-6-8-16-28(26)33/h1-20H. The van der Waals surface area contributed by atoms with Gasteiger partial charge in [-0.05, 0) is 101 Å². The van der Waals surface area contributed by atoms with Gasteiger partial charge in [0.05, 0.1) is 0 Å². The number of hydrogen-bond donors (Lipinski definition) is 0. The third-order valence-electron chi connectivity index (χ3n) is 7.53. The summed E-state index contributed by atoms with van der Waals surface area (Å²) in [4.78, 5) is 0. The van der Waals surface area contributed by atoms with Gasteiger partial charge in [0.25, 0.3) is 0 Å². The summed E-state index contributed by atoms with van der Waals surface area (Å²) in [5.74, 6) is 0.